The Morgan fingerprint density at radius 2 is 2.11 bits per heavy atom. The van der Waals surface area contributed by atoms with Crippen LogP contribution in [0.5, 0.6) is 0 Å². The second-order valence-corrected chi connectivity index (χ2v) is 5.47. The molecule has 18 heavy (non-hydrogen) atoms. The molecule has 0 spiro atoms. The number of furan rings is 1. The van der Waals surface area contributed by atoms with Gasteiger partial charge in [-0.15, -0.1) is 0 Å². The highest BCUT2D eigenvalue weighted by molar-refractivity contribution is 9.11. The first-order chi connectivity index (χ1) is 8.49. The number of anilines is 2. The van der Waals surface area contributed by atoms with Crippen molar-refractivity contribution < 1.29 is 9.21 Å². The molecule has 1 amide bonds. The minimum Gasteiger partial charge on any atom is -0.469 e. The molecule has 1 aromatic heterocycles. The molecule has 0 saturated heterocycles. The molecular weight excluding hydrogens is 364 g/mol. The molecule has 4 nitrogen and oxygen atoms in total. The van der Waals surface area contributed by atoms with Crippen LogP contribution in [0, 0.1) is 6.92 Å². The number of amides is 1. The van der Waals surface area contributed by atoms with Crippen molar-refractivity contribution in [2.75, 3.05) is 11.1 Å². The Morgan fingerprint density at radius 3 is 2.67 bits per heavy atom. The number of halogens is 2. The van der Waals surface area contributed by atoms with Gasteiger partial charge in [0.15, 0.2) is 0 Å². The monoisotopic (exact) mass is 372 g/mol. The molecule has 0 saturated carbocycles. The molecule has 1 aromatic carbocycles. The summed E-state index contributed by atoms with van der Waals surface area (Å²) in [4.78, 5) is 12.0. The van der Waals surface area contributed by atoms with E-state index in [2.05, 4.69) is 37.2 Å². The molecule has 0 atom stereocenters. The molecule has 0 fully saturated rings. The van der Waals surface area contributed by atoms with Crippen LogP contribution >= 0.6 is 31.9 Å². The molecule has 0 aliphatic rings. The Bertz CT molecular complexity index is 585. The number of nitrogens with two attached hydrogens (primary N) is 1. The molecule has 2 aromatic rings. The predicted molar refractivity (Wildman–Crippen MR) is 77.7 cm³/mol. The van der Waals surface area contributed by atoms with E-state index in [0.29, 0.717) is 27.2 Å². The molecule has 0 unspecified atom stereocenters. The first-order valence-corrected chi connectivity index (χ1v) is 6.67. The van der Waals surface area contributed by atoms with Gasteiger partial charge in [0.25, 0.3) is 5.91 Å². The second-order valence-electron chi connectivity index (χ2n) is 3.70. The van der Waals surface area contributed by atoms with E-state index in [1.165, 1.54) is 6.26 Å². The van der Waals surface area contributed by atoms with E-state index in [-0.39, 0.29) is 5.91 Å². The fourth-order valence-corrected chi connectivity index (χ4v) is 2.88. The average molecular weight is 374 g/mol. The van der Waals surface area contributed by atoms with Gasteiger partial charge in [0, 0.05) is 8.95 Å². The first kappa shape index (κ1) is 13.2. The zero-order valence-electron chi connectivity index (χ0n) is 9.46. The predicted octanol–water partition coefficient (Wildman–Crippen LogP) is 3.95. The van der Waals surface area contributed by atoms with Gasteiger partial charge in [-0.2, -0.15) is 0 Å². The van der Waals surface area contributed by atoms with Gasteiger partial charge in [0.1, 0.15) is 5.76 Å². The van der Waals surface area contributed by atoms with Crippen LogP contribution in [0.25, 0.3) is 0 Å². The third-order valence-electron chi connectivity index (χ3n) is 2.43. The number of carbonyl (C=O) groups is 1. The summed E-state index contributed by atoms with van der Waals surface area (Å²) in [5, 5.41) is 2.76. The maximum Gasteiger partial charge on any atom is 0.259 e. The van der Waals surface area contributed by atoms with E-state index in [4.69, 9.17) is 10.2 Å². The van der Waals surface area contributed by atoms with E-state index >= 15 is 0 Å². The largest absolute Gasteiger partial charge is 0.469 e. The van der Waals surface area contributed by atoms with E-state index in [1.54, 1.807) is 19.1 Å². The van der Waals surface area contributed by atoms with Crippen molar-refractivity contribution in [1.29, 1.82) is 0 Å². The van der Waals surface area contributed by atoms with Crippen molar-refractivity contribution in [1.82, 2.24) is 0 Å². The highest BCUT2D eigenvalue weighted by Gasteiger charge is 2.15. The van der Waals surface area contributed by atoms with Crippen LogP contribution in [0.1, 0.15) is 16.1 Å². The van der Waals surface area contributed by atoms with Gasteiger partial charge in [0.2, 0.25) is 0 Å². The van der Waals surface area contributed by atoms with Gasteiger partial charge in [-0.25, -0.2) is 0 Å². The SMILES string of the molecule is Cc1occc1C(=O)Nc1c(N)cc(Br)cc1Br. The number of carbonyl (C=O) groups excluding carboxylic acids is 1. The van der Waals surface area contributed by atoms with Crippen molar-refractivity contribution in [3.8, 4) is 0 Å². The molecule has 0 aliphatic carbocycles. The molecule has 6 heteroatoms. The highest BCUT2D eigenvalue weighted by atomic mass is 79.9. The number of nitrogen functional groups attached to an aromatic ring is 1. The Balaban J connectivity index is 2.31. The maximum absolute atomic E-state index is 12.0. The third-order valence-corrected chi connectivity index (χ3v) is 3.51. The fourth-order valence-electron chi connectivity index (χ4n) is 1.53. The highest BCUT2D eigenvalue weighted by Crippen LogP contribution is 2.33. The summed E-state index contributed by atoms with van der Waals surface area (Å²) in [6.07, 6.45) is 1.48. The lowest BCUT2D eigenvalue weighted by Gasteiger charge is -2.10. The number of hydrogen-bond acceptors (Lipinski definition) is 3. The van der Waals surface area contributed by atoms with Gasteiger partial charge in [-0.1, -0.05) is 15.9 Å². The number of nitrogens with one attached hydrogen (secondary N) is 1. The first-order valence-electron chi connectivity index (χ1n) is 5.09. The molecule has 0 radical (unpaired) electrons. The lowest BCUT2D eigenvalue weighted by Crippen LogP contribution is -2.14. The van der Waals surface area contributed by atoms with E-state index in [1.807, 2.05) is 6.07 Å². The van der Waals surface area contributed by atoms with Crippen molar-refractivity contribution in [3.05, 3.63) is 44.7 Å². The summed E-state index contributed by atoms with van der Waals surface area (Å²) >= 11 is 6.69. The summed E-state index contributed by atoms with van der Waals surface area (Å²) in [5.41, 5.74) is 7.38. The Hall–Kier alpha value is -1.27. The molecular formula is C12H10Br2N2O2. The Kier molecular flexibility index (Phi) is 3.77. The van der Waals surface area contributed by atoms with Crippen LogP contribution in [0.3, 0.4) is 0 Å². The number of aryl methyl sites for hydroxylation is 1. The summed E-state index contributed by atoms with van der Waals surface area (Å²) in [5.74, 6) is 0.315. The maximum atomic E-state index is 12.0. The van der Waals surface area contributed by atoms with Gasteiger partial charge in [0.05, 0.1) is 23.2 Å². The van der Waals surface area contributed by atoms with Crippen molar-refractivity contribution in [2.45, 2.75) is 6.92 Å². The standard InChI is InChI=1S/C12H10Br2N2O2/c1-6-8(2-3-18-6)12(17)16-11-9(14)4-7(13)5-10(11)15/h2-5H,15H2,1H3,(H,16,17). The average Bonchev–Trinajstić information content (AvgIpc) is 2.69. The van der Waals surface area contributed by atoms with Crippen LogP contribution in [0.2, 0.25) is 0 Å². The van der Waals surface area contributed by atoms with Gasteiger partial charge >= 0.3 is 0 Å². The summed E-state index contributed by atoms with van der Waals surface area (Å²) in [7, 11) is 0. The van der Waals surface area contributed by atoms with E-state index in [9.17, 15) is 4.79 Å². The molecule has 0 bridgehead atoms. The molecule has 94 valence electrons. The van der Waals surface area contributed by atoms with Crippen molar-refractivity contribution in [3.63, 3.8) is 0 Å². The fraction of sp³-hybridized carbons (Fsp3) is 0.0833. The number of hydrogen-bond donors (Lipinski definition) is 2. The summed E-state index contributed by atoms with van der Waals surface area (Å²) < 4.78 is 6.64. The smallest absolute Gasteiger partial charge is 0.259 e. The zero-order valence-corrected chi connectivity index (χ0v) is 12.6. The number of benzene rings is 1. The molecule has 1 heterocycles. The van der Waals surface area contributed by atoms with Crippen molar-refractivity contribution in [2.24, 2.45) is 0 Å². The zero-order chi connectivity index (χ0) is 13.3. The van der Waals surface area contributed by atoms with Crippen molar-refractivity contribution >= 4 is 49.1 Å². The minimum absolute atomic E-state index is 0.254. The van der Waals surface area contributed by atoms with E-state index < -0.39 is 0 Å². The summed E-state index contributed by atoms with van der Waals surface area (Å²) in [6.45, 7) is 1.73. The van der Waals surface area contributed by atoms with Gasteiger partial charge in [-0.05, 0) is 41.1 Å². The molecule has 3 N–H and O–H groups in total. The lowest BCUT2D eigenvalue weighted by molar-refractivity contribution is 0.102. The topological polar surface area (TPSA) is 68.3 Å². The third kappa shape index (κ3) is 2.59. The van der Waals surface area contributed by atoms with Crippen LogP contribution in [-0.4, -0.2) is 5.91 Å². The van der Waals surface area contributed by atoms with Crippen LogP contribution in [0.15, 0.2) is 37.8 Å². The van der Waals surface area contributed by atoms with Crippen LogP contribution in [0.4, 0.5) is 11.4 Å². The molecule has 0 aliphatic heterocycles. The quantitative estimate of drug-likeness (QED) is 0.783. The Morgan fingerprint density at radius 1 is 1.39 bits per heavy atom. The minimum atomic E-state index is -0.254. The number of rotatable bonds is 2. The summed E-state index contributed by atoms with van der Waals surface area (Å²) in [6, 6.07) is 5.16. The van der Waals surface area contributed by atoms with E-state index in [0.717, 1.165) is 4.47 Å². The molecule has 2 rings (SSSR count). The van der Waals surface area contributed by atoms with Crippen LogP contribution in [-0.2, 0) is 0 Å². The van der Waals surface area contributed by atoms with Gasteiger partial charge < -0.3 is 15.5 Å². The lowest BCUT2D eigenvalue weighted by atomic mass is 10.2. The Labute approximate surface area is 121 Å². The normalized spacial score (nSPS) is 10.4. The van der Waals surface area contributed by atoms with Gasteiger partial charge in [-0.3, -0.25) is 4.79 Å². The second kappa shape index (κ2) is 5.16. The van der Waals surface area contributed by atoms with Crippen LogP contribution < -0.4 is 11.1 Å².